The molecule has 7 heteroatoms. The maximum absolute atomic E-state index is 12.7. The van der Waals surface area contributed by atoms with E-state index in [1.54, 1.807) is 0 Å². The van der Waals surface area contributed by atoms with Gasteiger partial charge in [-0.15, -0.1) is 0 Å². The molecule has 0 N–H and O–H groups in total. The van der Waals surface area contributed by atoms with Gasteiger partial charge in [-0.25, -0.2) is 9.36 Å². The minimum atomic E-state index is -1.17. The van der Waals surface area contributed by atoms with Crippen molar-refractivity contribution >= 4 is 25.1 Å². The standard InChI is InChI=1S/C23H28N2O4Si/c1-16-5-7-19-18(11-16)14-24(22(19)26)13-17-6-8-20-21(12-17)29-23(27)25(20)15-28-9-10-30(2,3)4/h5-8,11-12H,9-10,13-15H2,1-4H3. The van der Waals surface area contributed by atoms with Crippen LogP contribution in [0.4, 0.5) is 0 Å². The van der Waals surface area contributed by atoms with Crippen LogP contribution < -0.4 is 5.76 Å². The fraction of sp³-hybridized carbons (Fsp3) is 0.391. The second-order valence-electron chi connectivity index (χ2n) is 9.27. The molecule has 1 aliphatic heterocycles. The summed E-state index contributed by atoms with van der Waals surface area (Å²) in [5.41, 5.74) is 5.15. The highest BCUT2D eigenvalue weighted by Crippen LogP contribution is 2.26. The third-order valence-electron chi connectivity index (χ3n) is 5.46. The van der Waals surface area contributed by atoms with Crippen LogP contribution in [0.5, 0.6) is 0 Å². The number of nitrogens with zero attached hydrogens (tertiary/aromatic N) is 2. The number of carbonyl (C=O) groups is 1. The van der Waals surface area contributed by atoms with Gasteiger partial charge in [0.15, 0.2) is 5.58 Å². The zero-order valence-electron chi connectivity index (χ0n) is 18.0. The Morgan fingerprint density at radius 3 is 2.67 bits per heavy atom. The largest absolute Gasteiger partial charge is 0.421 e. The SMILES string of the molecule is Cc1ccc2c(c1)CN(Cc1ccc3c(c1)oc(=O)n3COCC[Si](C)(C)C)C2=O. The molecule has 2 aromatic carbocycles. The monoisotopic (exact) mass is 424 g/mol. The number of rotatable bonds is 7. The molecule has 30 heavy (non-hydrogen) atoms. The molecule has 0 unspecified atom stereocenters. The molecule has 6 nitrogen and oxygen atoms in total. The summed E-state index contributed by atoms with van der Waals surface area (Å²) in [6.07, 6.45) is 0. The van der Waals surface area contributed by atoms with Gasteiger partial charge in [-0.2, -0.15) is 0 Å². The van der Waals surface area contributed by atoms with Crippen molar-refractivity contribution in [3.8, 4) is 0 Å². The number of aryl methyl sites for hydroxylation is 1. The minimum Gasteiger partial charge on any atom is -0.408 e. The fourth-order valence-electron chi connectivity index (χ4n) is 3.72. The summed E-state index contributed by atoms with van der Waals surface area (Å²) in [5, 5.41) is 0. The lowest BCUT2D eigenvalue weighted by Crippen LogP contribution is -2.23. The minimum absolute atomic E-state index is 0.0416. The molecule has 0 aliphatic carbocycles. The Morgan fingerprint density at radius 2 is 1.90 bits per heavy atom. The van der Waals surface area contributed by atoms with Crippen LogP contribution >= 0.6 is 0 Å². The molecule has 1 amide bonds. The summed E-state index contributed by atoms with van der Waals surface area (Å²) >= 11 is 0. The zero-order chi connectivity index (χ0) is 21.5. The molecule has 0 atom stereocenters. The van der Waals surface area contributed by atoms with Gasteiger partial charge in [0.2, 0.25) is 0 Å². The first-order chi connectivity index (χ1) is 14.2. The van der Waals surface area contributed by atoms with Crippen molar-refractivity contribution in [3.05, 3.63) is 69.2 Å². The second kappa shape index (κ2) is 7.89. The van der Waals surface area contributed by atoms with Gasteiger partial charge in [0, 0.05) is 33.3 Å². The van der Waals surface area contributed by atoms with Gasteiger partial charge in [-0.3, -0.25) is 4.79 Å². The van der Waals surface area contributed by atoms with Gasteiger partial charge in [0.25, 0.3) is 5.91 Å². The normalized spacial score (nSPS) is 14.0. The zero-order valence-corrected chi connectivity index (χ0v) is 19.0. The quantitative estimate of drug-likeness (QED) is 0.417. The molecule has 1 aromatic heterocycles. The average Bonchev–Trinajstić information content (AvgIpc) is 3.13. The van der Waals surface area contributed by atoms with Crippen LogP contribution in [-0.2, 0) is 24.6 Å². The van der Waals surface area contributed by atoms with Crippen LogP contribution in [0.3, 0.4) is 0 Å². The highest BCUT2D eigenvalue weighted by Gasteiger charge is 2.27. The average molecular weight is 425 g/mol. The van der Waals surface area contributed by atoms with Crippen molar-refractivity contribution in [2.75, 3.05) is 6.61 Å². The van der Waals surface area contributed by atoms with E-state index in [1.807, 2.05) is 42.2 Å². The molecule has 158 valence electrons. The number of fused-ring (bicyclic) bond motifs is 2. The number of hydrogen-bond acceptors (Lipinski definition) is 4. The lowest BCUT2D eigenvalue weighted by atomic mass is 10.1. The Balaban J connectivity index is 1.47. The molecule has 3 aromatic rings. The Kier molecular flexibility index (Phi) is 5.42. The van der Waals surface area contributed by atoms with Gasteiger partial charge in [-0.1, -0.05) is 43.4 Å². The number of amides is 1. The van der Waals surface area contributed by atoms with Crippen molar-refractivity contribution in [1.29, 1.82) is 0 Å². The molecule has 0 saturated heterocycles. The number of carbonyl (C=O) groups excluding carboxylic acids is 1. The molecular weight excluding hydrogens is 396 g/mol. The summed E-state index contributed by atoms with van der Waals surface area (Å²) in [4.78, 5) is 26.8. The summed E-state index contributed by atoms with van der Waals surface area (Å²) in [6, 6.07) is 12.6. The van der Waals surface area contributed by atoms with E-state index in [-0.39, 0.29) is 12.6 Å². The number of oxazole rings is 1. The molecule has 2 heterocycles. The second-order valence-corrected chi connectivity index (χ2v) is 14.9. The van der Waals surface area contributed by atoms with Gasteiger partial charge >= 0.3 is 5.76 Å². The van der Waals surface area contributed by atoms with Crippen molar-refractivity contribution in [2.24, 2.45) is 0 Å². The first-order valence-electron chi connectivity index (χ1n) is 10.3. The van der Waals surface area contributed by atoms with E-state index in [2.05, 4.69) is 25.7 Å². The number of benzene rings is 2. The Hall–Kier alpha value is -2.64. The van der Waals surface area contributed by atoms with Crippen LogP contribution in [0.1, 0.15) is 27.0 Å². The van der Waals surface area contributed by atoms with Crippen LogP contribution in [0.25, 0.3) is 11.1 Å². The van der Waals surface area contributed by atoms with E-state index in [0.29, 0.717) is 30.8 Å². The number of ether oxygens (including phenoxy) is 1. The van der Waals surface area contributed by atoms with Crippen LogP contribution in [0, 0.1) is 6.92 Å². The fourth-order valence-corrected chi connectivity index (χ4v) is 4.48. The molecular formula is C23H28N2O4Si. The van der Waals surface area contributed by atoms with Crippen LogP contribution in [0.2, 0.25) is 25.7 Å². The third kappa shape index (κ3) is 4.27. The van der Waals surface area contributed by atoms with E-state index in [0.717, 1.165) is 28.3 Å². The van der Waals surface area contributed by atoms with Gasteiger partial charge in [-0.05, 0) is 42.3 Å². The van der Waals surface area contributed by atoms with Crippen LogP contribution in [-0.4, -0.2) is 30.1 Å². The lowest BCUT2D eigenvalue weighted by molar-refractivity contribution is 0.0766. The third-order valence-corrected chi connectivity index (χ3v) is 7.17. The maximum Gasteiger partial charge on any atom is 0.421 e. The summed E-state index contributed by atoms with van der Waals surface area (Å²) in [6.45, 7) is 10.8. The van der Waals surface area contributed by atoms with Crippen molar-refractivity contribution < 1.29 is 13.9 Å². The van der Waals surface area contributed by atoms with E-state index in [4.69, 9.17) is 9.15 Å². The van der Waals surface area contributed by atoms with Gasteiger partial charge in [0.05, 0.1) is 5.52 Å². The van der Waals surface area contributed by atoms with E-state index in [1.165, 1.54) is 4.57 Å². The molecule has 0 saturated carbocycles. The molecule has 0 bridgehead atoms. The predicted octanol–water partition coefficient (Wildman–Crippen LogP) is 4.37. The molecule has 0 spiro atoms. The Morgan fingerprint density at radius 1 is 1.10 bits per heavy atom. The van der Waals surface area contributed by atoms with Gasteiger partial charge < -0.3 is 14.1 Å². The molecule has 0 radical (unpaired) electrons. The summed E-state index contributed by atoms with van der Waals surface area (Å²) < 4.78 is 12.7. The van der Waals surface area contributed by atoms with E-state index < -0.39 is 13.8 Å². The highest BCUT2D eigenvalue weighted by atomic mass is 28.3. The van der Waals surface area contributed by atoms with Crippen LogP contribution in [0.15, 0.2) is 45.6 Å². The van der Waals surface area contributed by atoms with E-state index in [9.17, 15) is 9.59 Å². The molecule has 1 aliphatic rings. The highest BCUT2D eigenvalue weighted by molar-refractivity contribution is 6.76. The van der Waals surface area contributed by atoms with Crippen molar-refractivity contribution in [1.82, 2.24) is 9.47 Å². The summed E-state index contributed by atoms with van der Waals surface area (Å²) in [7, 11) is -1.17. The molecule has 4 rings (SSSR count). The van der Waals surface area contributed by atoms with Gasteiger partial charge in [0.1, 0.15) is 6.73 Å². The predicted molar refractivity (Wildman–Crippen MR) is 119 cm³/mol. The van der Waals surface area contributed by atoms with Crippen molar-refractivity contribution in [2.45, 2.75) is 52.4 Å². The summed E-state index contributed by atoms with van der Waals surface area (Å²) in [5.74, 6) is -0.379. The van der Waals surface area contributed by atoms with E-state index >= 15 is 0 Å². The first-order valence-corrected chi connectivity index (χ1v) is 14.0. The number of aromatic nitrogens is 1. The number of hydrogen-bond donors (Lipinski definition) is 0. The maximum atomic E-state index is 12.7. The lowest BCUT2D eigenvalue weighted by Gasteiger charge is -2.16. The Bertz CT molecular complexity index is 1160. The topological polar surface area (TPSA) is 64.7 Å². The molecule has 0 fully saturated rings. The first kappa shape index (κ1) is 20.6. The Labute approximate surface area is 177 Å². The smallest absolute Gasteiger partial charge is 0.408 e. The van der Waals surface area contributed by atoms with Crippen molar-refractivity contribution in [3.63, 3.8) is 0 Å².